The molecule has 1 aromatic heterocycles. The van der Waals surface area contributed by atoms with Crippen LogP contribution in [-0.2, 0) is 9.53 Å². The number of hydrogen-bond donors (Lipinski definition) is 1. The molecule has 6 heteroatoms. The molecular formula is C18H21FN2O2S. The zero-order valence-corrected chi connectivity index (χ0v) is 14.4. The fraction of sp³-hybridized carbons (Fsp3) is 0.389. The molecule has 0 spiro atoms. The van der Waals surface area contributed by atoms with Crippen LogP contribution in [0.4, 0.5) is 4.39 Å². The molecule has 0 bridgehead atoms. The van der Waals surface area contributed by atoms with Crippen molar-refractivity contribution in [1.82, 2.24) is 10.2 Å². The number of thiophene rings is 1. The molecule has 2 atom stereocenters. The molecule has 3 rings (SSSR count). The van der Waals surface area contributed by atoms with Crippen LogP contribution in [0.2, 0.25) is 0 Å². The molecule has 0 saturated carbocycles. The molecule has 2 unspecified atom stereocenters. The molecule has 1 saturated heterocycles. The molecule has 2 aromatic rings. The van der Waals surface area contributed by atoms with Gasteiger partial charge >= 0.3 is 0 Å². The predicted molar refractivity (Wildman–Crippen MR) is 92.6 cm³/mol. The Kier molecular flexibility index (Phi) is 5.60. The first-order chi connectivity index (χ1) is 11.6. The van der Waals surface area contributed by atoms with E-state index in [1.165, 1.54) is 12.1 Å². The van der Waals surface area contributed by atoms with Crippen LogP contribution in [0.25, 0.3) is 0 Å². The van der Waals surface area contributed by atoms with Crippen molar-refractivity contribution in [3.8, 4) is 0 Å². The van der Waals surface area contributed by atoms with Gasteiger partial charge in [0.2, 0.25) is 5.91 Å². The third-order valence-corrected chi connectivity index (χ3v) is 5.02. The number of amides is 1. The Bertz CT molecular complexity index is 660. The van der Waals surface area contributed by atoms with Gasteiger partial charge in [0, 0.05) is 18.0 Å². The Labute approximate surface area is 145 Å². The lowest BCUT2D eigenvalue weighted by molar-refractivity contribution is -0.137. The quantitative estimate of drug-likeness (QED) is 0.903. The molecule has 1 fully saturated rings. The first-order valence-corrected chi connectivity index (χ1v) is 8.93. The third kappa shape index (κ3) is 4.20. The summed E-state index contributed by atoms with van der Waals surface area (Å²) in [5.41, 5.74) is 0.946. The van der Waals surface area contributed by atoms with E-state index in [0.717, 1.165) is 10.4 Å². The van der Waals surface area contributed by atoms with Gasteiger partial charge in [-0.25, -0.2) is 4.39 Å². The van der Waals surface area contributed by atoms with Crippen LogP contribution in [0.5, 0.6) is 0 Å². The van der Waals surface area contributed by atoms with Crippen molar-refractivity contribution in [1.29, 1.82) is 0 Å². The number of hydrogen-bond acceptors (Lipinski definition) is 4. The Hall–Kier alpha value is -1.76. The molecule has 2 heterocycles. The van der Waals surface area contributed by atoms with Crippen LogP contribution in [0, 0.1) is 5.82 Å². The molecule has 0 aliphatic carbocycles. The fourth-order valence-electron chi connectivity index (χ4n) is 2.84. The second-order valence-corrected chi connectivity index (χ2v) is 6.88. The lowest BCUT2D eigenvalue weighted by atomic mass is 10.1. The molecule has 1 N–H and O–H groups in total. The number of benzene rings is 1. The Morgan fingerprint density at radius 2 is 2.21 bits per heavy atom. The first kappa shape index (κ1) is 17.1. The van der Waals surface area contributed by atoms with E-state index in [4.69, 9.17) is 4.74 Å². The number of carbonyl (C=O) groups is 1. The highest BCUT2D eigenvalue weighted by Gasteiger charge is 2.23. The van der Waals surface area contributed by atoms with Crippen LogP contribution in [0.15, 0.2) is 41.8 Å². The number of carbonyl (C=O) groups excluding carboxylic acids is 1. The highest BCUT2D eigenvalue weighted by molar-refractivity contribution is 7.10. The second kappa shape index (κ2) is 7.88. The molecular weight excluding hydrogens is 327 g/mol. The van der Waals surface area contributed by atoms with E-state index in [0.29, 0.717) is 19.7 Å². The molecule has 4 nitrogen and oxygen atoms in total. The summed E-state index contributed by atoms with van der Waals surface area (Å²) in [6.07, 6.45) is 0.0768. The minimum absolute atomic E-state index is 0.0637. The highest BCUT2D eigenvalue weighted by Crippen LogP contribution is 2.26. The number of nitrogens with zero attached hydrogens (tertiary/aromatic N) is 1. The average molecular weight is 348 g/mol. The maximum Gasteiger partial charge on any atom is 0.236 e. The van der Waals surface area contributed by atoms with Crippen LogP contribution >= 0.6 is 11.3 Å². The summed E-state index contributed by atoms with van der Waals surface area (Å²) < 4.78 is 18.7. The lowest BCUT2D eigenvalue weighted by Crippen LogP contribution is -2.48. The molecule has 1 aromatic carbocycles. The first-order valence-electron chi connectivity index (χ1n) is 8.05. The fourth-order valence-corrected chi connectivity index (χ4v) is 3.67. The van der Waals surface area contributed by atoms with Crippen molar-refractivity contribution in [2.24, 2.45) is 0 Å². The van der Waals surface area contributed by atoms with E-state index in [9.17, 15) is 9.18 Å². The van der Waals surface area contributed by atoms with Crippen molar-refractivity contribution in [3.63, 3.8) is 0 Å². The van der Waals surface area contributed by atoms with Crippen molar-refractivity contribution in [3.05, 3.63) is 58.0 Å². The molecule has 1 amide bonds. The lowest BCUT2D eigenvalue weighted by Gasteiger charge is -2.31. The Morgan fingerprint density at radius 1 is 1.42 bits per heavy atom. The van der Waals surface area contributed by atoms with E-state index >= 15 is 0 Å². The number of morpholine rings is 1. The van der Waals surface area contributed by atoms with Crippen LogP contribution in [0.1, 0.15) is 23.4 Å². The number of rotatable bonds is 5. The molecule has 1 aliphatic heterocycles. The summed E-state index contributed by atoms with van der Waals surface area (Å²) in [7, 11) is 0. The average Bonchev–Trinajstić information content (AvgIpc) is 3.11. The van der Waals surface area contributed by atoms with E-state index in [-0.39, 0.29) is 30.4 Å². The minimum atomic E-state index is -0.262. The van der Waals surface area contributed by atoms with Crippen LogP contribution in [-0.4, -0.2) is 43.2 Å². The number of halogens is 1. The maximum absolute atomic E-state index is 13.2. The minimum Gasteiger partial charge on any atom is -0.375 e. The number of nitrogens with one attached hydrogen (secondary N) is 1. The third-order valence-electron chi connectivity index (χ3n) is 4.08. The van der Waals surface area contributed by atoms with Gasteiger partial charge in [0.05, 0.1) is 25.3 Å². The van der Waals surface area contributed by atoms with E-state index < -0.39 is 0 Å². The van der Waals surface area contributed by atoms with Gasteiger partial charge in [-0.1, -0.05) is 18.2 Å². The normalized spacial score (nSPS) is 19.2. The van der Waals surface area contributed by atoms with Gasteiger partial charge in [-0.2, -0.15) is 0 Å². The van der Waals surface area contributed by atoms with Crippen molar-refractivity contribution in [2.75, 3.05) is 26.2 Å². The summed E-state index contributed by atoms with van der Waals surface area (Å²) in [6.45, 7) is 4.05. The summed E-state index contributed by atoms with van der Waals surface area (Å²) in [6, 6.07) is 10.3. The van der Waals surface area contributed by atoms with Gasteiger partial charge < -0.3 is 9.64 Å². The summed E-state index contributed by atoms with van der Waals surface area (Å²) >= 11 is 1.62. The van der Waals surface area contributed by atoms with Gasteiger partial charge in [-0.3, -0.25) is 10.1 Å². The summed E-state index contributed by atoms with van der Waals surface area (Å²) in [5.74, 6) is -0.198. The van der Waals surface area contributed by atoms with Gasteiger partial charge in [-0.05, 0) is 36.1 Å². The second-order valence-electron chi connectivity index (χ2n) is 5.90. The highest BCUT2D eigenvalue weighted by atomic mass is 32.1. The SMILES string of the molecule is CC1CN(C(=O)CNC(c2ccc(F)cc2)c2cccs2)CCO1. The van der Waals surface area contributed by atoms with Gasteiger partial charge in [0.15, 0.2) is 0 Å². The Balaban J connectivity index is 1.68. The van der Waals surface area contributed by atoms with Crippen molar-refractivity contribution in [2.45, 2.75) is 19.1 Å². The van der Waals surface area contributed by atoms with E-state index in [1.54, 1.807) is 23.5 Å². The molecule has 1 aliphatic rings. The Morgan fingerprint density at radius 3 is 2.88 bits per heavy atom. The standard InChI is InChI=1S/C18H21FN2O2S/c1-13-12-21(8-9-23-13)17(22)11-20-18(16-3-2-10-24-16)14-4-6-15(19)7-5-14/h2-7,10,13,18,20H,8-9,11-12H2,1H3. The summed E-state index contributed by atoms with van der Waals surface area (Å²) in [4.78, 5) is 15.4. The zero-order valence-electron chi connectivity index (χ0n) is 13.6. The maximum atomic E-state index is 13.2. The smallest absolute Gasteiger partial charge is 0.236 e. The van der Waals surface area contributed by atoms with Gasteiger partial charge in [0.25, 0.3) is 0 Å². The van der Waals surface area contributed by atoms with E-state index in [2.05, 4.69) is 5.32 Å². The zero-order chi connectivity index (χ0) is 16.9. The van der Waals surface area contributed by atoms with Gasteiger partial charge in [-0.15, -0.1) is 11.3 Å². The monoisotopic (exact) mass is 348 g/mol. The van der Waals surface area contributed by atoms with Gasteiger partial charge in [0.1, 0.15) is 5.82 Å². The summed E-state index contributed by atoms with van der Waals surface area (Å²) in [5, 5.41) is 5.32. The van der Waals surface area contributed by atoms with Crippen LogP contribution in [0.3, 0.4) is 0 Å². The van der Waals surface area contributed by atoms with Crippen LogP contribution < -0.4 is 5.32 Å². The van der Waals surface area contributed by atoms with Crippen molar-refractivity contribution < 1.29 is 13.9 Å². The molecule has 24 heavy (non-hydrogen) atoms. The molecule has 128 valence electrons. The van der Waals surface area contributed by atoms with E-state index in [1.807, 2.05) is 29.3 Å². The number of ether oxygens (including phenoxy) is 1. The van der Waals surface area contributed by atoms with Crippen molar-refractivity contribution >= 4 is 17.2 Å². The largest absolute Gasteiger partial charge is 0.375 e. The topological polar surface area (TPSA) is 41.6 Å². The molecule has 0 radical (unpaired) electrons. The predicted octanol–water partition coefficient (Wildman–Crippen LogP) is 2.81.